The van der Waals surface area contributed by atoms with E-state index in [4.69, 9.17) is 15.2 Å². The number of aliphatic hydroxyl groups excluding tert-OH is 1. The summed E-state index contributed by atoms with van der Waals surface area (Å²) in [5.74, 6) is -9.71. The number of ketones is 3. The van der Waals surface area contributed by atoms with Gasteiger partial charge in [0.2, 0.25) is 6.79 Å². The van der Waals surface area contributed by atoms with Gasteiger partial charge >= 0.3 is 12.1 Å². The van der Waals surface area contributed by atoms with E-state index >= 15 is 0 Å². The van der Waals surface area contributed by atoms with Crippen LogP contribution in [0.3, 0.4) is 0 Å². The molecule has 4 rings (SSSR count). The highest BCUT2D eigenvalue weighted by atomic mass is 16.7. The number of phenolic OH excluding ortho intramolecular Hbond substituents is 1. The minimum absolute atomic E-state index is 0.0494. The van der Waals surface area contributed by atoms with Crippen LogP contribution in [0.15, 0.2) is 17.4 Å². The van der Waals surface area contributed by atoms with Gasteiger partial charge in [-0.25, -0.2) is 4.79 Å². The van der Waals surface area contributed by atoms with Crippen LogP contribution in [0, 0.1) is 23.2 Å². The number of nitrogens with two attached hydrogens (primary N) is 1. The Morgan fingerprint density at radius 3 is 2.22 bits per heavy atom. The minimum atomic E-state index is -2.77. The van der Waals surface area contributed by atoms with Crippen LogP contribution in [0.4, 0.5) is 10.5 Å². The summed E-state index contributed by atoms with van der Waals surface area (Å²) in [6, 6.07) is 0.445. The molecule has 3 unspecified atom stereocenters. The highest BCUT2D eigenvalue weighted by molar-refractivity contribution is 6.25. The van der Waals surface area contributed by atoms with Crippen molar-refractivity contribution in [1.29, 1.82) is 0 Å². The second-order valence-corrected chi connectivity index (χ2v) is 15.0. The maximum Gasteiger partial charge on any atom is 0.412 e. The number of primary amides is 1. The van der Waals surface area contributed by atoms with Gasteiger partial charge in [0.05, 0.1) is 24.1 Å². The third-order valence-corrected chi connectivity index (χ3v) is 9.60. The van der Waals surface area contributed by atoms with Crippen molar-refractivity contribution in [1.82, 2.24) is 9.80 Å². The second-order valence-electron chi connectivity index (χ2n) is 15.0. The van der Waals surface area contributed by atoms with Crippen molar-refractivity contribution in [2.75, 3.05) is 46.4 Å². The molecular weight excluding hydrogens is 652 g/mol. The van der Waals surface area contributed by atoms with E-state index in [1.807, 2.05) is 20.8 Å². The quantitative estimate of drug-likeness (QED) is 0.119. The van der Waals surface area contributed by atoms with Crippen LogP contribution < -0.4 is 10.6 Å². The van der Waals surface area contributed by atoms with Crippen molar-refractivity contribution < 1.29 is 53.6 Å². The zero-order valence-electron chi connectivity index (χ0n) is 29.9. The van der Waals surface area contributed by atoms with Gasteiger partial charge in [0, 0.05) is 44.2 Å². The first-order chi connectivity index (χ1) is 23.2. The number of amides is 2. The molecule has 274 valence electrons. The Hall–Kier alpha value is -4.50. The Labute approximate surface area is 291 Å². The molecule has 0 aliphatic heterocycles. The molecule has 50 heavy (non-hydrogen) atoms. The number of aromatic hydroxyl groups is 1. The summed E-state index contributed by atoms with van der Waals surface area (Å²) in [6.45, 7) is 6.77. The number of hydrogen-bond donors (Lipinski definition) is 4. The average Bonchev–Trinajstić information content (AvgIpc) is 2.98. The number of aliphatic hydroxyl groups is 2. The van der Waals surface area contributed by atoms with E-state index in [0.717, 1.165) is 0 Å². The predicted octanol–water partition coefficient (Wildman–Crippen LogP) is 1.85. The van der Waals surface area contributed by atoms with Crippen LogP contribution in [-0.4, -0.2) is 114 Å². The van der Waals surface area contributed by atoms with E-state index in [9.17, 15) is 44.1 Å². The third kappa shape index (κ3) is 6.80. The van der Waals surface area contributed by atoms with E-state index in [-0.39, 0.29) is 43.5 Å². The summed E-state index contributed by atoms with van der Waals surface area (Å²) < 4.78 is 10.2. The average molecular weight is 701 g/mol. The first kappa shape index (κ1) is 38.3. The number of rotatable bonds is 10. The molecule has 1 saturated carbocycles. The number of carbonyl (C=O) groups excluding carboxylic acids is 6. The molecule has 3 aliphatic carbocycles. The number of benzene rings is 1. The Morgan fingerprint density at radius 1 is 1.04 bits per heavy atom. The minimum Gasteiger partial charge on any atom is -0.508 e. The molecule has 0 bridgehead atoms. The Balaban J connectivity index is 1.79. The lowest BCUT2D eigenvalue weighted by atomic mass is 9.54. The third-order valence-electron chi connectivity index (χ3n) is 9.60. The van der Waals surface area contributed by atoms with Crippen molar-refractivity contribution in [2.45, 2.75) is 71.6 Å². The number of anilines is 1. The lowest BCUT2D eigenvalue weighted by Gasteiger charge is -2.52. The van der Waals surface area contributed by atoms with Crippen molar-refractivity contribution in [2.24, 2.45) is 28.9 Å². The SMILES string of the molecule is CCCC(=O)OCOC(=O)N(Cc1cc(N(C)C)c2c(c1O)C(=O)C1C(=O)[C@]3(O)C(O)=C(C(N)=O)C(=O)[C@@H](N(C)C)C3CC1C2)CC(C)(C)C. The second kappa shape index (κ2) is 14.0. The van der Waals surface area contributed by atoms with Crippen LogP contribution in [-0.2, 0) is 41.6 Å². The molecule has 0 spiro atoms. The number of nitrogens with zero attached hydrogens (tertiary/aromatic N) is 3. The lowest BCUT2D eigenvalue weighted by Crippen LogP contribution is -2.68. The molecule has 0 heterocycles. The molecule has 15 nitrogen and oxygen atoms in total. The number of fused-ring (bicyclic) bond motifs is 3. The number of ether oxygens (including phenoxy) is 2. The zero-order valence-corrected chi connectivity index (χ0v) is 29.9. The van der Waals surface area contributed by atoms with Gasteiger partial charge in [0.25, 0.3) is 5.91 Å². The highest BCUT2D eigenvalue weighted by Gasteiger charge is 2.66. The Bertz CT molecular complexity index is 1640. The lowest BCUT2D eigenvalue weighted by molar-refractivity contribution is -0.163. The monoisotopic (exact) mass is 700 g/mol. The van der Waals surface area contributed by atoms with E-state index in [0.29, 0.717) is 17.7 Å². The van der Waals surface area contributed by atoms with Gasteiger partial charge in [-0.15, -0.1) is 0 Å². The van der Waals surface area contributed by atoms with E-state index < -0.39 is 94.0 Å². The van der Waals surface area contributed by atoms with Crippen molar-refractivity contribution in [3.05, 3.63) is 34.1 Å². The van der Waals surface area contributed by atoms with Gasteiger partial charge in [-0.3, -0.25) is 28.9 Å². The zero-order chi connectivity index (χ0) is 37.6. The maximum absolute atomic E-state index is 14.4. The largest absolute Gasteiger partial charge is 0.508 e. The van der Waals surface area contributed by atoms with Gasteiger partial charge in [-0.2, -0.15) is 0 Å². The molecule has 0 aromatic heterocycles. The summed E-state index contributed by atoms with van der Waals surface area (Å²) in [4.78, 5) is 83.8. The molecule has 1 aromatic carbocycles. The summed E-state index contributed by atoms with van der Waals surface area (Å²) >= 11 is 0. The van der Waals surface area contributed by atoms with Gasteiger partial charge in [-0.05, 0) is 56.3 Å². The molecule has 1 aromatic rings. The molecule has 1 fully saturated rings. The number of phenols is 1. The maximum atomic E-state index is 14.4. The standard InChI is InChI=1S/C35H48N4O11/c1-9-10-22(40)49-16-50-33(47)39(15-34(2,3)4)14-18-13-21(37(5)6)19-11-17-12-20-26(38(7)8)29(43)25(32(36)46)31(45)35(20,48)30(44)23(17)28(42)24(19)27(18)41/h13,17,20,23,26,41,45,48H,9-12,14-16H2,1-8H3,(H2,36,46)/t17?,20?,23?,26-,35-/m0/s1. The summed E-state index contributed by atoms with van der Waals surface area (Å²) in [5, 5.41) is 34.7. The van der Waals surface area contributed by atoms with Crippen LogP contribution in [0.25, 0.3) is 0 Å². The molecule has 15 heteroatoms. The van der Waals surface area contributed by atoms with Gasteiger partial charge < -0.3 is 40.3 Å². The van der Waals surface area contributed by atoms with Crippen LogP contribution >= 0.6 is 0 Å². The van der Waals surface area contributed by atoms with Crippen LogP contribution in [0.2, 0.25) is 0 Å². The Kier molecular flexibility index (Phi) is 10.7. The van der Waals surface area contributed by atoms with E-state index in [2.05, 4.69) is 0 Å². The van der Waals surface area contributed by atoms with Gasteiger partial charge in [-0.1, -0.05) is 27.7 Å². The summed E-state index contributed by atoms with van der Waals surface area (Å²) in [7, 11) is 6.53. The van der Waals surface area contributed by atoms with Gasteiger partial charge in [0.15, 0.2) is 23.0 Å². The number of likely N-dealkylation sites (N-methyl/N-ethyl adjacent to an activating group) is 1. The van der Waals surface area contributed by atoms with Crippen LogP contribution in [0.5, 0.6) is 5.75 Å². The first-order valence-electron chi connectivity index (χ1n) is 16.5. The van der Waals surface area contributed by atoms with Crippen molar-refractivity contribution in [3.8, 4) is 5.75 Å². The molecule has 3 aliphatic rings. The van der Waals surface area contributed by atoms with Gasteiger partial charge in [0.1, 0.15) is 17.1 Å². The first-order valence-corrected chi connectivity index (χ1v) is 16.5. The normalized spacial score (nSPS) is 24.7. The highest BCUT2D eigenvalue weighted by Crippen LogP contribution is 2.53. The smallest absolute Gasteiger partial charge is 0.412 e. The fourth-order valence-corrected chi connectivity index (χ4v) is 7.56. The molecule has 0 saturated heterocycles. The number of Topliss-reactive ketones (excluding diaryl/α,β-unsaturated/α-hetero) is 3. The summed E-state index contributed by atoms with van der Waals surface area (Å²) in [5.41, 5.74) is 2.26. The number of hydrogen-bond acceptors (Lipinski definition) is 13. The van der Waals surface area contributed by atoms with Crippen LogP contribution in [0.1, 0.15) is 68.4 Å². The Morgan fingerprint density at radius 2 is 1.68 bits per heavy atom. The molecular formula is C35H48N4O11. The fraction of sp³-hybridized carbons (Fsp3) is 0.600. The molecule has 2 amide bonds. The number of carbonyl (C=O) groups is 6. The molecule has 5 N–H and O–H groups in total. The number of esters is 1. The van der Waals surface area contributed by atoms with E-state index in [1.165, 1.54) is 23.9 Å². The van der Waals surface area contributed by atoms with Crippen molar-refractivity contribution >= 4 is 41.0 Å². The van der Waals surface area contributed by atoms with E-state index in [1.54, 1.807) is 32.0 Å². The summed E-state index contributed by atoms with van der Waals surface area (Å²) in [6.07, 6.45) is -0.0595. The molecule has 5 atom stereocenters. The topological polar surface area (TPSA) is 217 Å². The van der Waals surface area contributed by atoms with Crippen molar-refractivity contribution in [3.63, 3.8) is 0 Å². The molecule has 0 radical (unpaired) electrons. The predicted molar refractivity (Wildman–Crippen MR) is 179 cm³/mol. The fourth-order valence-electron chi connectivity index (χ4n) is 7.56.